The van der Waals surface area contributed by atoms with Gasteiger partial charge in [0.15, 0.2) is 0 Å². The first-order valence-electron chi connectivity index (χ1n) is 6.92. The minimum atomic E-state index is -1.50. The highest BCUT2D eigenvalue weighted by molar-refractivity contribution is 6.03. The second-order valence-electron chi connectivity index (χ2n) is 5.35. The van der Waals surface area contributed by atoms with Crippen molar-refractivity contribution in [3.63, 3.8) is 0 Å². The van der Waals surface area contributed by atoms with E-state index in [9.17, 15) is 14.3 Å². The van der Waals surface area contributed by atoms with Crippen LogP contribution in [0.15, 0.2) is 66.7 Å². The predicted octanol–water partition coefficient (Wildman–Crippen LogP) is 3.62. The topological polar surface area (TPSA) is 49.3 Å². The normalized spacial score (nSPS) is 13.2. The summed E-state index contributed by atoms with van der Waals surface area (Å²) >= 11 is 0. The molecule has 1 amide bonds. The second-order valence-corrected chi connectivity index (χ2v) is 5.35. The number of amides is 1. The first-order chi connectivity index (χ1) is 10.4. The third-order valence-electron chi connectivity index (χ3n) is 3.36. The van der Waals surface area contributed by atoms with E-state index in [0.717, 1.165) is 0 Å². The Hall–Kier alpha value is -2.46. The van der Waals surface area contributed by atoms with E-state index in [2.05, 4.69) is 11.9 Å². The van der Waals surface area contributed by atoms with Gasteiger partial charge in [0.05, 0.1) is 5.60 Å². The largest absolute Gasteiger partial charge is 0.385 e. The summed E-state index contributed by atoms with van der Waals surface area (Å²) in [7, 11) is 0. The Morgan fingerprint density at radius 3 is 2.41 bits per heavy atom. The number of hydrogen-bond donors (Lipinski definition) is 2. The third-order valence-corrected chi connectivity index (χ3v) is 3.36. The Morgan fingerprint density at radius 2 is 1.77 bits per heavy atom. The van der Waals surface area contributed by atoms with Crippen molar-refractivity contribution in [2.75, 3.05) is 5.32 Å². The van der Waals surface area contributed by atoms with E-state index in [0.29, 0.717) is 5.69 Å². The zero-order valence-corrected chi connectivity index (χ0v) is 12.3. The maximum Gasteiger partial charge on any atom is 0.251 e. The average molecular weight is 299 g/mol. The fourth-order valence-corrected chi connectivity index (χ4v) is 2.23. The van der Waals surface area contributed by atoms with Crippen LogP contribution in [-0.2, 0) is 10.4 Å². The van der Waals surface area contributed by atoms with Crippen LogP contribution in [0.5, 0.6) is 0 Å². The SMILES string of the molecule is C=C(C[C@@](C)(O)c1ccccc1F)C(=O)Nc1ccccc1. The molecule has 0 saturated heterocycles. The van der Waals surface area contributed by atoms with Crippen LogP contribution in [0.4, 0.5) is 10.1 Å². The Bertz CT molecular complexity index is 680. The fraction of sp³-hybridized carbons (Fsp3) is 0.167. The minimum Gasteiger partial charge on any atom is -0.385 e. The van der Waals surface area contributed by atoms with Crippen molar-refractivity contribution in [2.45, 2.75) is 18.9 Å². The molecule has 0 heterocycles. The summed E-state index contributed by atoms with van der Waals surface area (Å²) < 4.78 is 13.8. The van der Waals surface area contributed by atoms with E-state index in [1.54, 1.807) is 36.4 Å². The monoisotopic (exact) mass is 299 g/mol. The van der Waals surface area contributed by atoms with Gasteiger partial charge in [0.25, 0.3) is 5.91 Å². The fourth-order valence-electron chi connectivity index (χ4n) is 2.23. The molecule has 0 spiro atoms. The van der Waals surface area contributed by atoms with Gasteiger partial charge in [-0.15, -0.1) is 0 Å². The molecule has 0 fully saturated rings. The first-order valence-corrected chi connectivity index (χ1v) is 6.92. The molecule has 1 atom stereocenters. The van der Waals surface area contributed by atoms with Crippen LogP contribution in [0.1, 0.15) is 18.9 Å². The smallest absolute Gasteiger partial charge is 0.251 e. The van der Waals surface area contributed by atoms with Crippen LogP contribution in [-0.4, -0.2) is 11.0 Å². The number of aliphatic hydroxyl groups is 1. The van der Waals surface area contributed by atoms with E-state index in [-0.39, 0.29) is 17.6 Å². The van der Waals surface area contributed by atoms with Gasteiger partial charge < -0.3 is 10.4 Å². The summed E-state index contributed by atoms with van der Waals surface area (Å²) in [5, 5.41) is 13.2. The molecule has 3 nitrogen and oxygen atoms in total. The van der Waals surface area contributed by atoms with Gasteiger partial charge in [-0.1, -0.05) is 43.0 Å². The highest BCUT2D eigenvalue weighted by Crippen LogP contribution is 2.29. The molecule has 0 aliphatic rings. The molecule has 0 unspecified atom stereocenters. The van der Waals surface area contributed by atoms with Gasteiger partial charge in [-0.3, -0.25) is 4.79 Å². The standard InChI is InChI=1S/C18H18FNO2/c1-13(17(21)20-14-8-4-3-5-9-14)12-18(2,22)15-10-6-7-11-16(15)19/h3-11,22H,1,12H2,2H3,(H,20,21)/t18-/m1/s1. The summed E-state index contributed by atoms with van der Waals surface area (Å²) in [5.74, 6) is -0.911. The number of carbonyl (C=O) groups excluding carboxylic acids is 1. The van der Waals surface area contributed by atoms with Crippen LogP contribution in [0.2, 0.25) is 0 Å². The Morgan fingerprint density at radius 1 is 1.18 bits per heavy atom. The number of rotatable bonds is 5. The van der Waals surface area contributed by atoms with E-state index in [4.69, 9.17) is 0 Å². The molecular formula is C18H18FNO2. The number of anilines is 1. The molecule has 0 radical (unpaired) electrons. The van der Waals surface area contributed by atoms with Gasteiger partial charge >= 0.3 is 0 Å². The summed E-state index contributed by atoms with van der Waals surface area (Å²) in [4.78, 5) is 12.1. The van der Waals surface area contributed by atoms with Crippen LogP contribution in [0.25, 0.3) is 0 Å². The molecule has 4 heteroatoms. The van der Waals surface area contributed by atoms with Gasteiger partial charge in [-0.2, -0.15) is 0 Å². The zero-order valence-electron chi connectivity index (χ0n) is 12.3. The quantitative estimate of drug-likeness (QED) is 0.828. The van der Waals surface area contributed by atoms with Gasteiger partial charge in [0, 0.05) is 23.2 Å². The molecular weight excluding hydrogens is 281 g/mol. The van der Waals surface area contributed by atoms with Crippen molar-refractivity contribution in [3.05, 3.63) is 78.1 Å². The highest BCUT2D eigenvalue weighted by atomic mass is 19.1. The van der Waals surface area contributed by atoms with Crippen LogP contribution in [0.3, 0.4) is 0 Å². The molecule has 22 heavy (non-hydrogen) atoms. The Labute approximate surface area is 129 Å². The van der Waals surface area contributed by atoms with Crippen molar-refractivity contribution in [3.8, 4) is 0 Å². The van der Waals surface area contributed by atoms with E-state index in [1.807, 2.05) is 6.07 Å². The molecule has 0 aliphatic carbocycles. The van der Waals surface area contributed by atoms with Gasteiger partial charge in [-0.25, -0.2) is 4.39 Å². The number of nitrogens with one attached hydrogen (secondary N) is 1. The van der Waals surface area contributed by atoms with E-state index in [1.165, 1.54) is 19.1 Å². The summed E-state index contributed by atoms with van der Waals surface area (Å²) in [6.45, 7) is 5.16. The second kappa shape index (κ2) is 6.54. The molecule has 2 aromatic rings. The molecule has 0 bridgehead atoms. The van der Waals surface area contributed by atoms with E-state index < -0.39 is 17.3 Å². The molecule has 2 aromatic carbocycles. The van der Waals surface area contributed by atoms with Crippen molar-refractivity contribution >= 4 is 11.6 Å². The van der Waals surface area contributed by atoms with Crippen molar-refractivity contribution < 1.29 is 14.3 Å². The van der Waals surface area contributed by atoms with Crippen LogP contribution >= 0.6 is 0 Å². The zero-order chi connectivity index (χ0) is 16.2. The molecule has 0 saturated carbocycles. The van der Waals surface area contributed by atoms with Crippen molar-refractivity contribution in [1.29, 1.82) is 0 Å². The summed E-state index contributed by atoms with van der Waals surface area (Å²) in [6.07, 6.45) is -0.0629. The molecule has 114 valence electrons. The maximum atomic E-state index is 13.8. The molecule has 0 aromatic heterocycles. The summed E-state index contributed by atoms with van der Waals surface area (Å²) in [5.41, 5.74) is -0.545. The number of benzene rings is 2. The van der Waals surface area contributed by atoms with Gasteiger partial charge in [-0.05, 0) is 25.1 Å². The lowest BCUT2D eigenvalue weighted by atomic mass is 9.88. The first kappa shape index (κ1) is 15.9. The predicted molar refractivity (Wildman–Crippen MR) is 84.8 cm³/mol. The Balaban J connectivity index is 2.07. The minimum absolute atomic E-state index is 0.0629. The van der Waals surface area contributed by atoms with Crippen molar-refractivity contribution in [2.24, 2.45) is 0 Å². The number of carbonyl (C=O) groups is 1. The van der Waals surface area contributed by atoms with Gasteiger partial charge in [0.2, 0.25) is 0 Å². The number of para-hydroxylation sites is 1. The molecule has 2 rings (SSSR count). The number of halogens is 1. The van der Waals surface area contributed by atoms with Crippen molar-refractivity contribution in [1.82, 2.24) is 0 Å². The summed E-state index contributed by atoms with van der Waals surface area (Å²) in [6, 6.07) is 14.9. The lowest BCUT2D eigenvalue weighted by Gasteiger charge is -2.25. The number of hydrogen-bond acceptors (Lipinski definition) is 2. The van der Waals surface area contributed by atoms with E-state index >= 15 is 0 Å². The lowest BCUT2D eigenvalue weighted by Crippen LogP contribution is -2.26. The van der Waals surface area contributed by atoms with Crippen LogP contribution in [0, 0.1) is 5.82 Å². The Kier molecular flexibility index (Phi) is 4.73. The maximum absolute atomic E-state index is 13.8. The average Bonchev–Trinajstić information content (AvgIpc) is 2.48. The lowest BCUT2D eigenvalue weighted by molar-refractivity contribution is -0.113. The highest BCUT2D eigenvalue weighted by Gasteiger charge is 2.28. The van der Waals surface area contributed by atoms with Gasteiger partial charge in [0.1, 0.15) is 5.82 Å². The van der Waals surface area contributed by atoms with Crippen LogP contribution < -0.4 is 5.32 Å². The third kappa shape index (κ3) is 3.80. The molecule has 2 N–H and O–H groups in total. The molecule has 0 aliphatic heterocycles.